The van der Waals surface area contributed by atoms with E-state index in [0.29, 0.717) is 0 Å². The molecule has 5 aromatic rings. The molecule has 1 fully saturated rings. The number of aliphatic hydroxyl groups is 1. The number of carbonyl (C=O) groups excluding carboxylic acids is 2. The van der Waals surface area contributed by atoms with Crippen LogP contribution in [-0.4, -0.2) is 67.5 Å². The highest BCUT2D eigenvalue weighted by Crippen LogP contribution is 2.54. The summed E-state index contributed by atoms with van der Waals surface area (Å²) in [7, 11) is 0. The molecule has 4 aromatic carbocycles. The average Bonchev–Trinajstić information content (AvgIpc) is 3.78. The SMILES string of the molecule is Cc1cc(-c2scnc2C)ccc1CNC(=O)[C@@H]1C[C@@H](O)CN1C(=O)[C@@H](NC(=O)O)C(C)(C)SC(c1ccccc1)(c1ccccc1)c1ccccc1. The quantitative estimate of drug-likeness (QED) is 0.0998. The first-order valence-electron chi connectivity index (χ1n) is 17.5. The van der Waals surface area contributed by atoms with Gasteiger partial charge in [-0.3, -0.25) is 9.59 Å². The first-order chi connectivity index (χ1) is 25.4. The molecule has 1 aliphatic heterocycles. The molecular formula is C42H44N4O5S2. The Balaban J connectivity index is 1.30. The fraction of sp³-hybridized carbons (Fsp3) is 0.286. The number of aliphatic hydroxyl groups excluding tert-OH is 1. The van der Waals surface area contributed by atoms with Crippen LogP contribution < -0.4 is 10.6 Å². The summed E-state index contributed by atoms with van der Waals surface area (Å²) in [6, 6.07) is 33.7. The number of β-amino-alcohol motifs (C(OH)–C–C–N with tert-alkyl or cyclic N) is 1. The number of aryl methyl sites for hydroxylation is 2. The van der Waals surface area contributed by atoms with E-state index in [9.17, 15) is 24.6 Å². The van der Waals surface area contributed by atoms with Crippen LogP contribution in [0.4, 0.5) is 4.79 Å². The molecule has 4 N–H and O–H groups in total. The standard InChI is InChI=1S/C42H44N4O5S2/c1-27-22-29(36-28(2)44-26-52-36)20-21-30(27)24-43-38(48)35-23-34(47)25-46(35)39(49)37(45-40(50)51)41(3,4)53-42(31-14-8-5-9-15-31,32-16-10-6-11-17-32)33-18-12-7-13-19-33/h5-22,26,34-35,37,45,47H,23-25H2,1-4H3,(H,43,48)(H,50,51)/t34-,35+,37-/m1/s1. The summed E-state index contributed by atoms with van der Waals surface area (Å²) < 4.78 is -1.96. The topological polar surface area (TPSA) is 132 Å². The summed E-state index contributed by atoms with van der Waals surface area (Å²) in [5.74, 6) is -0.992. The third-order valence-electron chi connectivity index (χ3n) is 9.84. The number of nitrogens with zero attached hydrogens (tertiary/aromatic N) is 2. The first kappa shape index (κ1) is 37.8. The van der Waals surface area contributed by atoms with Gasteiger partial charge < -0.3 is 25.7 Å². The van der Waals surface area contributed by atoms with Crippen LogP contribution in [0.3, 0.4) is 0 Å². The van der Waals surface area contributed by atoms with Crippen molar-refractivity contribution in [3.63, 3.8) is 0 Å². The van der Waals surface area contributed by atoms with Gasteiger partial charge in [0.25, 0.3) is 0 Å². The summed E-state index contributed by atoms with van der Waals surface area (Å²) in [5.41, 5.74) is 8.62. The lowest BCUT2D eigenvalue weighted by Gasteiger charge is -2.44. The van der Waals surface area contributed by atoms with E-state index in [0.717, 1.165) is 44.0 Å². The van der Waals surface area contributed by atoms with E-state index in [1.165, 1.54) is 16.7 Å². The Morgan fingerprint density at radius 2 is 1.47 bits per heavy atom. The van der Waals surface area contributed by atoms with Gasteiger partial charge in [-0.05, 0) is 61.1 Å². The molecule has 1 saturated heterocycles. The van der Waals surface area contributed by atoms with Crippen LogP contribution in [0.1, 0.15) is 53.8 Å². The number of carbonyl (C=O) groups is 3. The third-order valence-corrected chi connectivity index (χ3v) is 12.6. The number of hydrogen-bond acceptors (Lipinski definition) is 7. The molecule has 0 unspecified atom stereocenters. The van der Waals surface area contributed by atoms with Gasteiger partial charge in [-0.1, -0.05) is 109 Å². The summed E-state index contributed by atoms with van der Waals surface area (Å²) in [6.07, 6.45) is -2.28. The fourth-order valence-corrected chi connectivity index (χ4v) is 9.82. The van der Waals surface area contributed by atoms with Gasteiger partial charge in [0, 0.05) is 24.3 Å². The molecular weight excluding hydrogens is 705 g/mol. The van der Waals surface area contributed by atoms with Crippen LogP contribution in [0.25, 0.3) is 10.4 Å². The fourth-order valence-electron chi connectivity index (χ4n) is 7.19. The Morgan fingerprint density at radius 1 is 0.906 bits per heavy atom. The predicted octanol–water partition coefficient (Wildman–Crippen LogP) is 7.15. The van der Waals surface area contributed by atoms with E-state index in [1.54, 1.807) is 11.3 Å². The molecule has 3 amide bonds. The number of benzene rings is 4. The van der Waals surface area contributed by atoms with Crippen LogP contribution >= 0.6 is 23.1 Å². The van der Waals surface area contributed by atoms with Crippen molar-refractivity contribution in [3.8, 4) is 10.4 Å². The Morgan fingerprint density at radius 3 is 1.96 bits per heavy atom. The lowest BCUT2D eigenvalue weighted by Crippen LogP contribution is -2.60. The predicted molar refractivity (Wildman–Crippen MR) is 211 cm³/mol. The molecule has 0 saturated carbocycles. The Bertz CT molecular complexity index is 1960. The molecule has 1 aliphatic rings. The number of thiazole rings is 1. The Labute approximate surface area is 318 Å². The minimum absolute atomic E-state index is 0.0372. The number of amides is 3. The van der Waals surface area contributed by atoms with Crippen LogP contribution in [0.5, 0.6) is 0 Å². The van der Waals surface area contributed by atoms with Crippen LogP contribution in [0.15, 0.2) is 115 Å². The van der Waals surface area contributed by atoms with E-state index in [4.69, 9.17) is 0 Å². The van der Waals surface area contributed by atoms with Crippen LogP contribution in [-0.2, 0) is 20.9 Å². The molecule has 2 heterocycles. The van der Waals surface area contributed by atoms with Gasteiger partial charge in [-0.15, -0.1) is 23.1 Å². The molecule has 0 radical (unpaired) electrons. The second-order valence-corrected chi connectivity index (χ2v) is 16.6. The molecule has 11 heteroatoms. The van der Waals surface area contributed by atoms with Gasteiger partial charge in [0.15, 0.2) is 0 Å². The van der Waals surface area contributed by atoms with Gasteiger partial charge in [0.1, 0.15) is 12.1 Å². The number of carboxylic acid groups (broad SMARTS) is 1. The van der Waals surface area contributed by atoms with Crippen LogP contribution in [0.2, 0.25) is 0 Å². The monoisotopic (exact) mass is 748 g/mol. The zero-order valence-corrected chi connectivity index (χ0v) is 31.8. The summed E-state index contributed by atoms with van der Waals surface area (Å²) in [4.78, 5) is 47.7. The van der Waals surface area contributed by atoms with Crippen molar-refractivity contribution in [2.24, 2.45) is 0 Å². The maximum absolute atomic E-state index is 14.7. The summed E-state index contributed by atoms with van der Waals surface area (Å²) >= 11 is 3.05. The number of nitrogens with one attached hydrogen (secondary N) is 2. The van der Waals surface area contributed by atoms with Crippen molar-refractivity contribution in [3.05, 3.63) is 148 Å². The molecule has 1 aromatic heterocycles. The summed E-state index contributed by atoms with van der Waals surface area (Å²) in [6.45, 7) is 7.79. The molecule has 0 bridgehead atoms. The molecule has 9 nitrogen and oxygen atoms in total. The summed E-state index contributed by atoms with van der Waals surface area (Å²) in [5, 5.41) is 26.4. The van der Waals surface area contributed by atoms with E-state index < -0.39 is 45.6 Å². The van der Waals surface area contributed by atoms with Gasteiger partial charge in [0.2, 0.25) is 11.8 Å². The van der Waals surface area contributed by atoms with Crippen molar-refractivity contribution in [1.29, 1.82) is 0 Å². The number of aromatic nitrogens is 1. The van der Waals surface area contributed by atoms with Crippen molar-refractivity contribution in [2.45, 2.75) is 68.3 Å². The van der Waals surface area contributed by atoms with E-state index in [-0.39, 0.29) is 19.5 Å². The third kappa shape index (κ3) is 8.02. The van der Waals surface area contributed by atoms with Crippen LogP contribution in [0, 0.1) is 13.8 Å². The number of likely N-dealkylation sites (tertiary alicyclic amines) is 1. The second kappa shape index (κ2) is 16.0. The van der Waals surface area contributed by atoms with Crippen molar-refractivity contribution in [2.75, 3.05) is 6.54 Å². The highest BCUT2D eigenvalue weighted by molar-refractivity contribution is 8.02. The maximum Gasteiger partial charge on any atom is 0.405 e. The minimum atomic E-state index is -1.37. The van der Waals surface area contributed by atoms with Gasteiger partial charge in [-0.25, -0.2) is 9.78 Å². The lowest BCUT2D eigenvalue weighted by molar-refractivity contribution is -0.140. The van der Waals surface area contributed by atoms with Gasteiger partial charge in [-0.2, -0.15) is 0 Å². The normalized spacial score (nSPS) is 16.6. The zero-order valence-electron chi connectivity index (χ0n) is 30.2. The molecule has 53 heavy (non-hydrogen) atoms. The number of rotatable bonds is 12. The molecule has 0 aliphatic carbocycles. The van der Waals surface area contributed by atoms with E-state index in [2.05, 4.69) is 21.7 Å². The lowest BCUT2D eigenvalue weighted by atomic mass is 9.84. The van der Waals surface area contributed by atoms with Crippen molar-refractivity contribution in [1.82, 2.24) is 20.5 Å². The van der Waals surface area contributed by atoms with Crippen molar-refractivity contribution < 1.29 is 24.6 Å². The van der Waals surface area contributed by atoms with E-state index in [1.807, 2.05) is 136 Å². The minimum Gasteiger partial charge on any atom is -0.465 e. The highest BCUT2D eigenvalue weighted by atomic mass is 32.2. The maximum atomic E-state index is 14.7. The molecule has 0 spiro atoms. The zero-order chi connectivity index (χ0) is 37.8. The van der Waals surface area contributed by atoms with Crippen molar-refractivity contribution >= 4 is 41.0 Å². The average molecular weight is 749 g/mol. The number of thioether (sulfide) groups is 1. The number of hydrogen-bond donors (Lipinski definition) is 4. The highest BCUT2D eigenvalue weighted by Gasteiger charge is 2.50. The molecule has 3 atom stereocenters. The van der Waals surface area contributed by atoms with E-state index >= 15 is 0 Å². The Hall–Kier alpha value is -4.97. The largest absolute Gasteiger partial charge is 0.465 e. The van der Waals surface area contributed by atoms with Gasteiger partial charge >= 0.3 is 6.09 Å². The molecule has 274 valence electrons. The first-order valence-corrected chi connectivity index (χ1v) is 19.2. The smallest absolute Gasteiger partial charge is 0.405 e. The van der Waals surface area contributed by atoms with Gasteiger partial charge in [0.05, 0.1) is 26.9 Å². The molecule has 6 rings (SSSR count). The second-order valence-electron chi connectivity index (χ2n) is 13.9. The Kier molecular flexibility index (Phi) is 11.4.